The maximum Gasteiger partial charge on any atom is 0.269 e. The van der Waals surface area contributed by atoms with E-state index in [1.54, 1.807) is 12.1 Å². The Hall–Kier alpha value is -1.62. The molecule has 0 saturated carbocycles. The smallest absolute Gasteiger partial charge is 0.269 e. The Morgan fingerprint density at radius 3 is 2.63 bits per heavy atom. The van der Waals surface area contributed by atoms with Crippen molar-refractivity contribution in [1.29, 1.82) is 0 Å². The molecule has 0 atom stereocenters. The van der Waals surface area contributed by atoms with Crippen LogP contribution in [0.2, 0.25) is 0 Å². The Labute approximate surface area is 113 Å². The van der Waals surface area contributed by atoms with Crippen molar-refractivity contribution in [2.45, 2.75) is 32.1 Å². The van der Waals surface area contributed by atoms with Crippen molar-refractivity contribution < 1.29 is 4.92 Å². The number of nitrogens with zero attached hydrogens (tertiary/aromatic N) is 2. The van der Waals surface area contributed by atoms with Gasteiger partial charge in [0.1, 0.15) is 0 Å². The first-order chi connectivity index (χ1) is 9.22. The third-order valence-corrected chi connectivity index (χ3v) is 3.62. The molecule has 1 saturated heterocycles. The molecule has 5 heteroatoms. The molecule has 1 fully saturated rings. The summed E-state index contributed by atoms with van der Waals surface area (Å²) in [5, 5.41) is 10.9. The first kappa shape index (κ1) is 13.8. The largest absolute Gasteiger partial charge is 0.371 e. The van der Waals surface area contributed by atoms with E-state index in [0.29, 0.717) is 6.54 Å². The Morgan fingerprint density at radius 1 is 1.26 bits per heavy atom. The van der Waals surface area contributed by atoms with Crippen LogP contribution < -0.4 is 10.6 Å². The van der Waals surface area contributed by atoms with E-state index < -0.39 is 0 Å². The van der Waals surface area contributed by atoms with E-state index in [-0.39, 0.29) is 10.6 Å². The summed E-state index contributed by atoms with van der Waals surface area (Å²) in [7, 11) is 0. The Bertz CT molecular complexity index is 442. The fourth-order valence-corrected chi connectivity index (χ4v) is 2.62. The van der Waals surface area contributed by atoms with E-state index in [4.69, 9.17) is 5.73 Å². The number of non-ortho nitro benzene ring substituents is 1. The molecule has 0 radical (unpaired) electrons. The van der Waals surface area contributed by atoms with Crippen molar-refractivity contribution in [2.75, 3.05) is 24.5 Å². The Kier molecular flexibility index (Phi) is 4.74. The van der Waals surface area contributed by atoms with E-state index in [1.807, 2.05) is 6.07 Å². The summed E-state index contributed by atoms with van der Waals surface area (Å²) in [4.78, 5) is 12.9. The third kappa shape index (κ3) is 3.44. The van der Waals surface area contributed by atoms with Crippen LogP contribution >= 0.6 is 0 Å². The van der Waals surface area contributed by atoms with Crippen LogP contribution in [0, 0.1) is 10.1 Å². The molecule has 0 amide bonds. The van der Waals surface area contributed by atoms with Gasteiger partial charge in [-0.2, -0.15) is 0 Å². The van der Waals surface area contributed by atoms with E-state index in [9.17, 15) is 10.1 Å². The first-order valence-corrected chi connectivity index (χ1v) is 6.94. The number of nitro benzene ring substituents is 1. The molecular formula is C14H21N3O2. The van der Waals surface area contributed by atoms with Gasteiger partial charge in [-0.25, -0.2) is 0 Å². The van der Waals surface area contributed by atoms with Crippen molar-refractivity contribution in [3.05, 3.63) is 33.9 Å². The summed E-state index contributed by atoms with van der Waals surface area (Å²) in [6.45, 7) is 2.71. The van der Waals surface area contributed by atoms with Crippen LogP contribution in [0.3, 0.4) is 0 Å². The highest BCUT2D eigenvalue weighted by Gasteiger charge is 2.17. The van der Waals surface area contributed by atoms with Gasteiger partial charge < -0.3 is 10.6 Å². The van der Waals surface area contributed by atoms with Crippen molar-refractivity contribution in [3.63, 3.8) is 0 Å². The quantitative estimate of drug-likeness (QED) is 0.654. The van der Waals surface area contributed by atoms with Gasteiger partial charge >= 0.3 is 0 Å². The second-order valence-electron chi connectivity index (χ2n) is 5.01. The molecule has 0 spiro atoms. The molecule has 0 bridgehead atoms. The molecule has 104 valence electrons. The minimum Gasteiger partial charge on any atom is -0.371 e. The lowest BCUT2D eigenvalue weighted by Gasteiger charge is -2.30. The highest BCUT2D eigenvalue weighted by atomic mass is 16.6. The number of aryl methyl sites for hydroxylation is 1. The van der Waals surface area contributed by atoms with Crippen LogP contribution in [0.5, 0.6) is 0 Å². The summed E-state index contributed by atoms with van der Waals surface area (Å²) in [6.07, 6.45) is 5.36. The number of anilines is 1. The molecule has 2 rings (SSSR count). The first-order valence-electron chi connectivity index (χ1n) is 6.94. The minimum atomic E-state index is -0.327. The molecule has 5 nitrogen and oxygen atoms in total. The molecule has 1 aliphatic heterocycles. The van der Waals surface area contributed by atoms with Gasteiger partial charge in [0.25, 0.3) is 5.69 Å². The summed E-state index contributed by atoms with van der Waals surface area (Å²) in [5.74, 6) is 0. The molecule has 1 heterocycles. The average molecular weight is 263 g/mol. The Balaban J connectivity index is 2.26. The molecule has 2 N–H and O–H groups in total. The number of hydrogen-bond donors (Lipinski definition) is 1. The van der Waals surface area contributed by atoms with Crippen LogP contribution in [-0.2, 0) is 6.42 Å². The summed E-state index contributed by atoms with van der Waals surface area (Å²) in [6, 6.07) is 5.21. The molecule has 1 aromatic rings. The third-order valence-electron chi connectivity index (χ3n) is 3.62. The van der Waals surface area contributed by atoms with Crippen molar-refractivity contribution in [2.24, 2.45) is 5.73 Å². The van der Waals surface area contributed by atoms with Crippen molar-refractivity contribution in [3.8, 4) is 0 Å². The SMILES string of the molecule is NCCCc1cc([N+](=O)[O-])ccc1N1CCCCC1. The lowest BCUT2D eigenvalue weighted by molar-refractivity contribution is -0.384. The molecule has 1 aliphatic rings. The van der Waals surface area contributed by atoms with Crippen LogP contribution in [-0.4, -0.2) is 24.6 Å². The second-order valence-corrected chi connectivity index (χ2v) is 5.01. The van der Waals surface area contributed by atoms with Gasteiger partial charge in [0.15, 0.2) is 0 Å². The van der Waals surface area contributed by atoms with Gasteiger partial charge in [-0.05, 0) is 50.3 Å². The predicted octanol–water partition coefficient (Wildman–Crippen LogP) is 2.48. The monoisotopic (exact) mass is 263 g/mol. The molecule has 0 aromatic heterocycles. The molecular weight excluding hydrogens is 242 g/mol. The average Bonchev–Trinajstić information content (AvgIpc) is 2.45. The number of rotatable bonds is 5. The number of nitrogens with two attached hydrogens (primary N) is 1. The number of benzene rings is 1. The van der Waals surface area contributed by atoms with E-state index in [0.717, 1.165) is 37.2 Å². The van der Waals surface area contributed by atoms with Crippen LogP contribution in [0.15, 0.2) is 18.2 Å². The topological polar surface area (TPSA) is 72.4 Å². The molecule has 19 heavy (non-hydrogen) atoms. The van der Waals surface area contributed by atoms with Crippen LogP contribution in [0.4, 0.5) is 11.4 Å². The van der Waals surface area contributed by atoms with E-state index in [2.05, 4.69) is 4.90 Å². The minimum absolute atomic E-state index is 0.174. The summed E-state index contributed by atoms with van der Waals surface area (Å²) in [5.41, 5.74) is 7.94. The van der Waals surface area contributed by atoms with Gasteiger partial charge in [-0.1, -0.05) is 0 Å². The van der Waals surface area contributed by atoms with Crippen LogP contribution in [0.1, 0.15) is 31.2 Å². The van der Waals surface area contributed by atoms with E-state index in [1.165, 1.54) is 19.3 Å². The van der Waals surface area contributed by atoms with Gasteiger partial charge in [-0.3, -0.25) is 10.1 Å². The lowest BCUT2D eigenvalue weighted by Crippen LogP contribution is -2.30. The lowest BCUT2D eigenvalue weighted by atomic mass is 10.0. The van der Waals surface area contributed by atoms with Crippen molar-refractivity contribution in [1.82, 2.24) is 0 Å². The predicted molar refractivity (Wildman–Crippen MR) is 76.5 cm³/mol. The zero-order valence-electron chi connectivity index (χ0n) is 11.2. The highest BCUT2D eigenvalue weighted by Crippen LogP contribution is 2.28. The summed E-state index contributed by atoms with van der Waals surface area (Å²) >= 11 is 0. The zero-order valence-corrected chi connectivity index (χ0v) is 11.2. The fraction of sp³-hybridized carbons (Fsp3) is 0.571. The van der Waals surface area contributed by atoms with Gasteiger partial charge in [-0.15, -0.1) is 0 Å². The highest BCUT2D eigenvalue weighted by molar-refractivity contribution is 5.58. The van der Waals surface area contributed by atoms with E-state index >= 15 is 0 Å². The molecule has 1 aromatic carbocycles. The zero-order chi connectivity index (χ0) is 13.7. The van der Waals surface area contributed by atoms with Gasteiger partial charge in [0, 0.05) is 30.9 Å². The maximum absolute atomic E-state index is 10.9. The number of nitro groups is 1. The van der Waals surface area contributed by atoms with Crippen LogP contribution in [0.25, 0.3) is 0 Å². The fourth-order valence-electron chi connectivity index (χ4n) is 2.62. The standard InChI is InChI=1S/C14H21N3O2/c15-8-4-5-12-11-13(17(18)19)6-7-14(12)16-9-2-1-3-10-16/h6-7,11H,1-5,8-10,15H2. The molecule has 0 unspecified atom stereocenters. The van der Waals surface area contributed by atoms with Gasteiger partial charge in [0.05, 0.1) is 4.92 Å². The summed E-state index contributed by atoms with van der Waals surface area (Å²) < 4.78 is 0. The second kappa shape index (κ2) is 6.52. The number of hydrogen-bond acceptors (Lipinski definition) is 4. The van der Waals surface area contributed by atoms with Crippen molar-refractivity contribution >= 4 is 11.4 Å². The Morgan fingerprint density at radius 2 is 2.00 bits per heavy atom. The normalized spacial score (nSPS) is 15.5. The van der Waals surface area contributed by atoms with Gasteiger partial charge in [0.2, 0.25) is 0 Å². The maximum atomic E-state index is 10.9. The number of piperidine rings is 1. The molecule has 0 aliphatic carbocycles.